The summed E-state index contributed by atoms with van der Waals surface area (Å²) in [4.78, 5) is 24.3. The van der Waals surface area contributed by atoms with E-state index in [1.54, 1.807) is 0 Å². The third kappa shape index (κ3) is 37.6. The quantitative estimate of drug-likeness (QED) is 0.0522. The van der Waals surface area contributed by atoms with Crippen molar-refractivity contribution in [2.45, 2.75) is 245 Å². The van der Waals surface area contributed by atoms with Gasteiger partial charge in [-0.1, -0.05) is 213 Å². The molecule has 280 valence electrons. The van der Waals surface area contributed by atoms with Crippen LogP contribution in [0.25, 0.3) is 0 Å². The molecule has 5 heteroatoms. The van der Waals surface area contributed by atoms with E-state index in [1.807, 2.05) is 0 Å². The van der Waals surface area contributed by atoms with Crippen LogP contribution in [0, 0.1) is 0 Å². The van der Waals surface area contributed by atoms with Gasteiger partial charge in [0, 0.05) is 12.8 Å². The molecule has 0 aliphatic heterocycles. The van der Waals surface area contributed by atoms with E-state index < -0.39 is 6.10 Å². The molecule has 0 saturated carbocycles. The normalized spacial score (nSPS) is 12.0. The van der Waals surface area contributed by atoms with Gasteiger partial charge < -0.3 is 14.6 Å². The Morgan fingerprint density at radius 1 is 0.404 bits per heavy atom. The fourth-order valence-corrected chi connectivity index (χ4v) is 6.44. The van der Waals surface area contributed by atoms with Crippen LogP contribution in [0.5, 0.6) is 0 Å². The zero-order valence-corrected chi connectivity index (χ0v) is 31.8. The lowest BCUT2D eigenvalue weighted by atomic mass is 10.0. The molecule has 0 aliphatic rings. The van der Waals surface area contributed by atoms with Gasteiger partial charge in [-0.25, -0.2) is 0 Å². The summed E-state index contributed by atoms with van der Waals surface area (Å²) in [7, 11) is 0. The third-order valence-electron chi connectivity index (χ3n) is 9.65. The summed E-state index contributed by atoms with van der Waals surface area (Å²) in [5, 5.41) is 9.56. The molecule has 0 aromatic heterocycles. The fraction of sp³-hybridized carbons (Fsp3) is 0.952. The average molecular weight is 667 g/mol. The zero-order chi connectivity index (χ0) is 34.3. The highest BCUT2D eigenvalue weighted by Gasteiger charge is 2.16. The number of unbranched alkanes of at least 4 members (excludes halogenated alkanes) is 31. The van der Waals surface area contributed by atoms with Crippen molar-refractivity contribution in [3.63, 3.8) is 0 Å². The van der Waals surface area contributed by atoms with Crippen LogP contribution >= 0.6 is 0 Å². The van der Waals surface area contributed by atoms with Gasteiger partial charge in [0.25, 0.3) is 0 Å². The molecule has 0 amide bonds. The molecule has 0 spiro atoms. The van der Waals surface area contributed by atoms with Crippen molar-refractivity contribution in [1.29, 1.82) is 0 Å². The van der Waals surface area contributed by atoms with Crippen LogP contribution in [0.4, 0.5) is 0 Å². The molecule has 0 bridgehead atoms. The first-order valence-corrected chi connectivity index (χ1v) is 21.1. The Kier molecular flexibility index (Phi) is 38.4. The molecular formula is C42H82O5. The summed E-state index contributed by atoms with van der Waals surface area (Å²) >= 11 is 0. The van der Waals surface area contributed by atoms with Gasteiger partial charge in [0.15, 0.2) is 6.10 Å². The Hall–Kier alpha value is -1.10. The van der Waals surface area contributed by atoms with Crippen LogP contribution in [0.15, 0.2) is 0 Å². The second-order valence-corrected chi connectivity index (χ2v) is 14.4. The van der Waals surface area contributed by atoms with Gasteiger partial charge in [-0.05, 0) is 12.8 Å². The Bertz CT molecular complexity index is 637. The van der Waals surface area contributed by atoms with Crippen molar-refractivity contribution in [3.05, 3.63) is 0 Å². The first-order valence-electron chi connectivity index (χ1n) is 21.1. The number of hydrogen-bond donors (Lipinski definition) is 1. The first-order chi connectivity index (χ1) is 23.1. The maximum absolute atomic E-state index is 12.2. The van der Waals surface area contributed by atoms with Gasteiger partial charge in [-0.15, -0.1) is 0 Å². The van der Waals surface area contributed by atoms with E-state index in [0.29, 0.717) is 12.8 Å². The highest BCUT2D eigenvalue weighted by molar-refractivity contribution is 5.70. The summed E-state index contributed by atoms with van der Waals surface area (Å²) in [5.74, 6) is -0.573. The lowest BCUT2D eigenvalue weighted by Crippen LogP contribution is -2.28. The van der Waals surface area contributed by atoms with Crippen LogP contribution in [0.3, 0.4) is 0 Å². The molecule has 0 fully saturated rings. The van der Waals surface area contributed by atoms with Crippen molar-refractivity contribution in [3.8, 4) is 0 Å². The van der Waals surface area contributed by atoms with Gasteiger partial charge in [0.2, 0.25) is 0 Å². The number of rotatable bonds is 39. The van der Waals surface area contributed by atoms with Crippen molar-refractivity contribution in [2.24, 2.45) is 0 Å². The molecule has 1 unspecified atom stereocenters. The van der Waals surface area contributed by atoms with Crippen LogP contribution in [0.2, 0.25) is 0 Å². The molecule has 0 aliphatic carbocycles. The predicted molar refractivity (Wildman–Crippen MR) is 201 cm³/mol. The fourth-order valence-electron chi connectivity index (χ4n) is 6.44. The average Bonchev–Trinajstić information content (AvgIpc) is 3.07. The molecule has 0 heterocycles. The largest absolute Gasteiger partial charge is 0.462 e. The zero-order valence-electron chi connectivity index (χ0n) is 31.8. The smallest absolute Gasteiger partial charge is 0.306 e. The maximum Gasteiger partial charge on any atom is 0.306 e. The van der Waals surface area contributed by atoms with Gasteiger partial charge in [0.1, 0.15) is 6.61 Å². The lowest BCUT2D eigenvalue weighted by Gasteiger charge is -2.15. The number of hydrogen-bond acceptors (Lipinski definition) is 5. The minimum Gasteiger partial charge on any atom is -0.462 e. The van der Waals surface area contributed by atoms with Crippen LogP contribution < -0.4 is 0 Å². The number of aliphatic hydroxyl groups excluding tert-OH is 1. The van der Waals surface area contributed by atoms with E-state index in [1.165, 1.54) is 180 Å². The molecule has 0 rings (SSSR count). The standard InChI is InChI=1S/C42H82O5/c1-3-5-7-9-11-13-15-17-19-20-21-23-25-27-29-31-33-35-37-42(45)47-40(38-43)39-46-41(44)36-34-32-30-28-26-24-22-18-16-14-12-10-8-6-4-2/h40,43H,3-39H2,1-2H3. The number of ether oxygens (including phenoxy) is 2. The lowest BCUT2D eigenvalue weighted by molar-refractivity contribution is -0.161. The van der Waals surface area contributed by atoms with Gasteiger partial charge >= 0.3 is 11.9 Å². The van der Waals surface area contributed by atoms with Gasteiger partial charge in [-0.2, -0.15) is 0 Å². The summed E-state index contributed by atoms with van der Waals surface area (Å²) in [6, 6.07) is 0. The topological polar surface area (TPSA) is 72.8 Å². The van der Waals surface area contributed by atoms with Crippen molar-refractivity contribution >= 4 is 11.9 Å². The predicted octanol–water partition coefficient (Wildman–Crippen LogP) is 13.1. The minimum absolute atomic E-state index is 0.0566. The molecule has 0 aromatic rings. The summed E-state index contributed by atoms with van der Waals surface area (Å²) < 4.78 is 10.6. The molecule has 0 aromatic carbocycles. The molecule has 47 heavy (non-hydrogen) atoms. The van der Waals surface area contributed by atoms with E-state index in [2.05, 4.69) is 13.8 Å². The third-order valence-corrected chi connectivity index (χ3v) is 9.65. The van der Waals surface area contributed by atoms with E-state index in [9.17, 15) is 14.7 Å². The highest BCUT2D eigenvalue weighted by Crippen LogP contribution is 2.16. The van der Waals surface area contributed by atoms with Gasteiger partial charge in [-0.3, -0.25) is 9.59 Å². The van der Waals surface area contributed by atoms with E-state index >= 15 is 0 Å². The number of aliphatic hydroxyl groups is 1. The number of esters is 2. The molecule has 0 radical (unpaired) electrons. The Balaban J connectivity index is 3.47. The second kappa shape index (κ2) is 39.3. The number of carbonyl (C=O) groups is 2. The van der Waals surface area contributed by atoms with E-state index in [-0.39, 0.29) is 25.2 Å². The van der Waals surface area contributed by atoms with Crippen molar-refractivity contribution < 1.29 is 24.2 Å². The Morgan fingerprint density at radius 2 is 0.660 bits per heavy atom. The molecule has 1 atom stereocenters. The second-order valence-electron chi connectivity index (χ2n) is 14.4. The van der Waals surface area contributed by atoms with E-state index in [0.717, 1.165) is 32.1 Å². The summed E-state index contributed by atoms with van der Waals surface area (Å²) in [6.07, 6.45) is 43.1. The highest BCUT2D eigenvalue weighted by atomic mass is 16.6. The van der Waals surface area contributed by atoms with Crippen molar-refractivity contribution in [1.82, 2.24) is 0 Å². The molecule has 1 N–H and O–H groups in total. The first kappa shape index (κ1) is 45.9. The number of carbonyl (C=O) groups excluding carboxylic acids is 2. The molecule has 0 saturated heterocycles. The van der Waals surface area contributed by atoms with Crippen molar-refractivity contribution in [2.75, 3.05) is 13.2 Å². The SMILES string of the molecule is CCCCCCCCCCCCCCCCCCCCC(=O)OC(CO)COC(=O)CCCCCCCCCCCCCCCCC. The minimum atomic E-state index is -0.761. The molecular weight excluding hydrogens is 584 g/mol. The summed E-state index contributed by atoms with van der Waals surface area (Å²) in [5.41, 5.74) is 0. The monoisotopic (exact) mass is 667 g/mol. The Morgan fingerprint density at radius 3 is 0.936 bits per heavy atom. The molecule has 5 nitrogen and oxygen atoms in total. The van der Waals surface area contributed by atoms with Crippen LogP contribution in [-0.4, -0.2) is 36.4 Å². The van der Waals surface area contributed by atoms with E-state index in [4.69, 9.17) is 9.47 Å². The maximum atomic E-state index is 12.2. The Labute approximate surface area is 293 Å². The summed E-state index contributed by atoms with van der Waals surface area (Å²) in [6.45, 7) is 4.17. The van der Waals surface area contributed by atoms with Crippen LogP contribution in [-0.2, 0) is 19.1 Å². The van der Waals surface area contributed by atoms with Crippen LogP contribution in [0.1, 0.15) is 239 Å². The van der Waals surface area contributed by atoms with Gasteiger partial charge in [0.05, 0.1) is 6.61 Å².